The fourth-order valence-corrected chi connectivity index (χ4v) is 6.10. The minimum atomic E-state index is -3.20. The average molecular weight is 364 g/mol. The average Bonchev–Trinajstić information content (AvgIpc) is 3.04. The van der Waals surface area contributed by atoms with Crippen molar-refractivity contribution in [2.45, 2.75) is 30.5 Å². The summed E-state index contributed by atoms with van der Waals surface area (Å²) in [7, 11) is -3.20. The quantitative estimate of drug-likeness (QED) is 0.831. The summed E-state index contributed by atoms with van der Waals surface area (Å²) in [6, 6.07) is 10.9. The van der Waals surface area contributed by atoms with Gasteiger partial charge in [0.05, 0.1) is 11.8 Å². The number of sulfone groups is 1. The molecule has 0 saturated carbocycles. The lowest BCUT2D eigenvalue weighted by Gasteiger charge is -2.35. The molecule has 0 aliphatic carbocycles. The molecule has 0 spiro atoms. The summed E-state index contributed by atoms with van der Waals surface area (Å²) in [5, 5.41) is 1.81. The summed E-state index contributed by atoms with van der Waals surface area (Å²) in [5.74, 6) is 0.367. The van der Waals surface area contributed by atoms with Crippen molar-refractivity contribution >= 4 is 27.1 Å². The highest BCUT2D eigenvalue weighted by Crippen LogP contribution is 2.40. The number of rotatable bonds is 4. The first-order chi connectivity index (χ1) is 11.4. The van der Waals surface area contributed by atoms with Gasteiger partial charge in [-0.3, -0.25) is 4.79 Å². The second-order valence-electron chi connectivity index (χ2n) is 6.50. The lowest BCUT2D eigenvalue weighted by Crippen LogP contribution is -2.40. The Labute approximate surface area is 147 Å². The Kier molecular flexibility index (Phi) is 4.78. The van der Waals surface area contributed by atoms with Gasteiger partial charge in [0.25, 0.3) is 5.91 Å². The maximum absolute atomic E-state index is 13.1. The molecule has 2 heterocycles. The van der Waals surface area contributed by atoms with Crippen LogP contribution in [0.25, 0.3) is 0 Å². The number of carbonyl (C=O) groups is 1. The molecule has 0 fully saturated rings. The van der Waals surface area contributed by atoms with Gasteiger partial charge in [0, 0.05) is 17.7 Å². The third kappa shape index (κ3) is 3.26. The van der Waals surface area contributed by atoms with E-state index in [0.29, 0.717) is 28.7 Å². The molecule has 0 saturated heterocycles. The van der Waals surface area contributed by atoms with E-state index in [1.54, 1.807) is 5.38 Å². The lowest BCUT2D eigenvalue weighted by atomic mass is 10.0. The van der Waals surface area contributed by atoms with Crippen LogP contribution in [0.5, 0.6) is 0 Å². The van der Waals surface area contributed by atoms with Crippen LogP contribution < -0.4 is 0 Å². The Balaban J connectivity index is 2.00. The number of nitrogens with zero attached hydrogens (tertiary/aromatic N) is 1. The van der Waals surface area contributed by atoms with Crippen molar-refractivity contribution in [3.05, 3.63) is 52.9 Å². The molecule has 3 rings (SSSR count). The number of benzene rings is 1. The molecule has 2 aromatic rings. The van der Waals surface area contributed by atoms with Gasteiger partial charge in [0.1, 0.15) is 4.21 Å². The SMILES string of the molecule is CC(C)CN(C(=O)c1ccccc1)C1CCS(=O)(=O)c2sccc21. The zero-order chi connectivity index (χ0) is 17.3. The smallest absolute Gasteiger partial charge is 0.254 e. The molecule has 1 amide bonds. The van der Waals surface area contributed by atoms with Crippen LogP contribution in [-0.2, 0) is 9.84 Å². The Morgan fingerprint density at radius 2 is 1.96 bits per heavy atom. The number of fused-ring (bicyclic) bond motifs is 1. The van der Waals surface area contributed by atoms with Crippen molar-refractivity contribution < 1.29 is 13.2 Å². The molecule has 0 bridgehead atoms. The fourth-order valence-electron chi connectivity index (χ4n) is 3.14. The van der Waals surface area contributed by atoms with Gasteiger partial charge in [-0.15, -0.1) is 11.3 Å². The van der Waals surface area contributed by atoms with E-state index in [1.165, 1.54) is 11.3 Å². The minimum absolute atomic E-state index is 0.0363. The Morgan fingerprint density at radius 3 is 2.62 bits per heavy atom. The summed E-state index contributed by atoms with van der Waals surface area (Å²) in [6.45, 7) is 4.74. The van der Waals surface area contributed by atoms with Crippen molar-refractivity contribution in [3.63, 3.8) is 0 Å². The molecule has 4 nitrogen and oxygen atoms in total. The number of carbonyl (C=O) groups excluding carboxylic acids is 1. The maximum atomic E-state index is 13.1. The van der Waals surface area contributed by atoms with E-state index in [1.807, 2.05) is 41.3 Å². The second kappa shape index (κ2) is 6.69. The number of hydrogen-bond acceptors (Lipinski definition) is 4. The van der Waals surface area contributed by atoms with E-state index in [4.69, 9.17) is 0 Å². The molecule has 6 heteroatoms. The van der Waals surface area contributed by atoms with Crippen molar-refractivity contribution in [3.8, 4) is 0 Å². The van der Waals surface area contributed by atoms with E-state index < -0.39 is 9.84 Å². The van der Waals surface area contributed by atoms with Crippen molar-refractivity contribution in [2.24, 2.45) is 5.92 Å². The van der Waals surface area contributed by atoms with Crippen LogP contribution in [0.2, 0.25) is 0 Å². The van der Waals surface area contributed by atoms with E-state index in [2.05, 4.69) is 13.8 Å². The first-order valence-electron chi connectivity index (χ1n) is 8.06. The highest BCUT2D eigenvalue weighted by atomic mass is 32.2. The van der Waals surface area contributed by atoms with E-state index >= 15 is 0 Å². The summed E-state index contributed by atoms with van der Waals surface area (Å²) in [6.07, 6.45) is 0.456. The molecular formula is C18H21NO3S2. The van der Waals surface area contributed by atoms with Crippen LogP contribution in [0.3, 0.4) is 0 Å². The van der Waals surface area contributed by atoms with Crippen molar-refractivity contribution in [1.82, 2.24) is 4.90 Å². The molecule has 0 N–H and O–H groups in total. The standard InChI is InChI=1S/C18H21NO3S2/c1-13(2)12-19(17(20)14-6-4-3-5-7-14)16-9-11-24(21,22)18-15(16)8-10-23-18/h3-8,10,13,16H,9,11-12H2,1-2H3. The van der Waals surface area contributed by atoms with E-state index in [-0.39, 0.29) is 17.7 Å². The van der Waals surface area contributed by atoms with Crippen LogP contribution in [0, 0.1) is 5.92 Å². The zero-order valence-electron chi connectivity index (χ0n) is 13.8. The van der Waals surface area contributed by atoms with E-state index in [9.17, 15) is 13.2 Å². The first kappa shape index (κ1) is 17.2. The Bertz CT molecular complexity index is 825. The Morgan fingerprint density at radius 1 is 1.25 bits per heavy atom. The lowest BCUT2D eigenvalue weighted by molar-refractivity contribution is 0.0639. The molecule has 1 aromatic heterocycles. The Hall–Kier alpha value is -1.66. The monoisotopic (exact) mass is 363 g/mol. The minimum Gasteiger partial charge on any atom is -0.331 e. The topological polar surface area (TPSA) is 54.5 Å². The first-order valence-corrected chi connectivity index (χ1v) is 10.6. The van der Waals surface area contributed by atoms with E-state index in [0.717, 1.165) is 5.56 Å². The summed E-state index contributed by atoms with van der Waals surface area (Å²) >= 11 is 1.25. The number of thiophene rings is 1. The van der Waals surface area contributed by atoms with Gasteiger partial charge < -0.3 is 4.90 Å². The van der Waals surface area contributed by atoms with Gasteiger partial charge in [0.2, 0.25) is 0 Å². The van der Waals surface area contributed by atoms with Crippen molar-refractivity contribution in [2.75, 3.05) is 12.3 Å². The summed E-state index contributed by atoms with van der Waals surface area (Å²) in [4.78, 5) is 14.9. The highest BCUT2D eigenvalue weighted by molar-refractivity contribution is 7.93. The van der Waals surface area contributed by atoms with Crippen LogP contribution in [0.4, 0.5) is 0 Å². The molecule has 24 heavy (non-hydrogen) atoms. The molecule has 1 atom stereocenters. The largest absolute Gasteiger partial charge is 0.331 e. The third-order valence-corrected chi connectivity index (χ3v) is 7.53. The van der Waals surface area contributed by atoms with Crippen LogP contribution >= 0.6 is 11.3 Å². The molecule has 1 aliphatic heterocycles. The molecule has 128 valence electrons. The van der Waals surface area contributed by atoms with Gasteiger partial charge in [-0.1, -0.05) is 32.0 Å². The van der Waals surface area contributed by atoms with Crippen LogP contribution in [0.15, 0.2) is 46.0 Å². The van der Waals surface area contributed by atoms with Crippen LogP contribution in [-0.4, -0.2) is 31.5 Å². The summed E-state index contributed by atoms with van der Waals surface area (Å²) in [5.41, 5.74) is 1.42. The second-order valence-corrected chi connectivity index (χ2v) is 9.72. The van der Waals surface area contributed by atoms with Gasteiger partial charge >= 0.3 is 0 Å². The van der Waals surface area contributed by atoms with Gasteiger partial charge in [-0.05, 0) is 35.9 Å². The molecule has 1 aliphatic rings. The predicted octanol–water partition coefficient (Wildman–Crippen LogP) is 3.77. The normalized spacial score (nSPS) is 19.0. The van der Waals surface area contributed by atoms with Gasteiger partial charge in [-0.2, -0.15) is 0 Å². The predicted molar refractivity (Wildman–Crippen MR) is 96.0 cm³/mol. The highest BCUT2D eigenvalue weighted by Gasteiger charge is 2.36. The summed E-state index contributed by atoms with van der Waals surface area (Å²) < 4.78 is 25.0. The fraction of sp³-hybridized carbons (Fsp3) is 0.389. The van der Waals surface area contributed by atoms with Gasteiger partial charge in [0.15, 0.2) is 9.84 Å². The molecule has 1 unspecified atom stereocenters. The van der Waals surface area contributed by atoms with Crippen LogP contribution in [0.1, 0.15) is 42.2 Å². The molecule has 1 aromatic carbocycles. The zero-order valence-corrected chi connectivity index (χ0v) is 15.4. The van der Waals surface area contributed by atoms with Gasteiger partial charge in [-0.25, -0.2) is 8.42 Å². The number of amides is 1. The van der Waals surface area contributed by atoms with Crippen molar-refractivity contribution in [1.29, 1.82) is 0 Å². The third-order valence-electron chi connectivity index (χ3n) is 4.18. The molecular weight excluding hydrogens is 342 g/mol. The maximum Gasteiger partial charge on any atom is 0.254 e. The molecule has 0 radical (unpaired) electrons. The number of hydrogen-bond donors (Lipinski definition) is 0.